The molecule has 2 unspecified atom stereocenters. The number of ether oxygens (including phenoxy) is 2. The highest BCUT2D eigenvalue weighted by Gasteiger charge is 2.40. The van der Waals surface area contributed by atoms with Crippen LogP contribution in [0, 0.1) is 0 Å². The van der Waals surface area contributed by atoms with Crippen LogP contribution in [0.4, 0.5) is 16.3 Å². The molecule has 37 heavy (non-hydrogen) atoms. The standard InChI is InChI=1S/C27H32N6O4/c34-26(35)29-18-4-2-17(3-5-18)23-30-24(32-15-20-6-7-21(16-32)37-20)22-14-28-33(25(22)31-23)19-8-11-27(12-9-19)10-1-13-36-27/h2-5,14,19-21,29H,1,6-13,15-16H2,(H,34,35). The minimum absolute atomic E-state index is 0.0730. The van der Waals surface area contributed by atoms with Crippen LogP contribution < -0.4 is 10.2 Å². The van der Waals surface area contributed by atoms with Gasteiger partial charge in [0.05, 0.1) is 35.4 Å². The quantitative estimate of drug-likeness (QED) is 0.529. The third-order valence-corrected chi connectivity index (χ3v) is 8.57. The molecule has 7 rings (SSSR count). The predicted octanol–water partition coefficient (Wildman–Crippen LogP) is 4.62. The summed E-state index contributed by atoms with van der Waals surface area (Å²) in [7, 11) is 0. The summed E-state index contributed by atoms with van der Waals surface area (Å²) in [5.74, 6) is 1.53. The number of morpholine rings is 1. The Morgan fingerprint density at radius 1 is 1.03 bits per heavy atom. The number of nitrogens with zero attached hydrogens (tertiary/aromatic N) is 5. The molecule has 10 heteroatoms. The van der Waals surface area contributed by atoms with E-state index in [0.717, 1.165) is 87.1 Å². The molecule has 4 aliphatic rings. The Kier molecular flexibility index (Phi) is 5.54. The molecule has 2 bridgehead atoms. The molecule has 3 aliphatic heterocycles. The lowest BCUT2D eigenvalue weighted by atomic mass is 9.80. The number of anilines is 2. The number of nitrogens with one attached hydrogen (secondary N) is 1. The van der Waals surface area contributed by atoms with Crippen molar-refractivity contribution in [3.63, 3.8) is 0 Å². The van der Waals surface area contributed by atoms with Crippen LogP contribution in [0.3, 0.4) is 0 Å². The zero-order valence-electron chi connectivity index (χ0n) is 20.8. The normalized spacial score (nSPS) is 29.3. The third-order valence-electron chi connectivity index (χ3n) is 8.57. The van der Waals surface area contributed by atoms with E-state index in [4.69, 9.17) is 29.6 Å². The lowest BCUT2D eigenvalue weighted by Crippen LogP contribution is -2.43. The van der Waals surface area contributed by atoms with Crippen LogP contribution in [0.15, 0.2) is 30.5 Å². The minimum Gasteiger partial charge on any atom is -0.465 e. The van der Waals surface area contributed by atoms with Crippen molar-refractivity contribution in [1.82, 2.24) is 19.7 Å². The van der Waals surface area contributed by atoms with Gasteiger partial charge in [-0.15, -0.1) is 0 Å². The molecule has 1 spiro atoms. The maximum absolute atomic E-state index is 11.0. The van der Waals surface area contributed by atoms with Crippen molar-refractivity contribution in [2.75, 3.05) is 29.9 Å². The van der Waals surface area contributed by atoms with E-state index in [2.05, 4.69) is 14.9 Å². The van der Waals surface area contributed by atoms with Crippen LogP contribution in [0.1, 0.15) is 57.4 Å². The fraction of sp³-hybridized carbons (Fsp3) is 0.556. The second-order valence-electron chi connectivity index (χ2n) is 10.9. The number of fused-ring (bicyclic) bond motifs is 3. The number of rotatable bonds is 4. The van der Waals surface area contributed by atoms with Crippen LogP contribution in [-0.2, 0) is 9.47 Å². The molecule has 0 radical (unpaired) electrons. The summed E-state index contributed by atoms with van der Waals surface area (Å²) < 4.78 is 14.4. The molecule has 1 aliphatic carbocycles. The molecule has 4 fully saturated rings. The Morgan fingerprint density at radius 2 is 1.78 bits per heavy atom. The summed E-state index contributed by atoms with van der Waals surface area (Å²) in [6, 6.07) is 7.49. The van der Waals surface area contributed by atoms with Gasteiger partial charge in [-0.25, -0.2) is 19.4 Å². The summed E-state index contributed by atoms with van der Waals surface area (Å²) in [4.78, 5) is 23.4. The first-order chi connectivity index (χ1) is 18.1. The van der Waals surface area contributed by atoms with Gasteiger partial charge in [-0.3, -0.25) is 5.32 Å². The second-order valence-corrected chi connectivity index (χ2v) is 10.9. The van der Waals surface area contributed by atoms with E-state index in [1.165, 1.54) is 6.42 Å². The smallest absolute Gasteiger partial charge is 0.409 e. The van der Waals surface area contributed by atoms with Gasteiger partial charge in [0.25, 0.3) is 0 Å². The molecule has 10 nitrogen and oxygen atoms in total. The average molecular weight is 505 g/mol. The Labute approximate surface area is 215 Å². The van der Waals surface area contributed by atoms with Crippen LogP contribution in [0.25, 0.3) is 22.4 Å². The molecule has 3 aromatic rings. The zero-order chi connectivity index (χ0) is 25.0. The van der Waals surface area contributed by atoms with Crippen LogP contribution in [0.5, 0.6) is 0 Å². The first kappa shape index (κ1) is 22.9. The van der Waals surface area contributed by atoms with Crippen molar-refractivity contribution < 1.29 is 19.4 Å². The van der Waals surface area contributed by atoms with Gasteiger partial charge < -0.3 is 19.5 Å². The van der Waals surface area contributed by atoms with Gasteiger partial charge in [-0.1, -0.05) is 0 Å². The fourth-order valence-corrected chi connectivity index (χ4v) is 6.68. The van der Waals surface area contributed by atoms with Crippen molar-refractivity contribution in [2.45, 2.75) is 75.2 Å². The van der Waals surface area contributed by atoms with Crippen molar-refractivity contribution >= 4 is 28.6 Å². The Hall–Kier alpha value is -3.24. The van der Waals surface area contributed by atoms with Crippen molar-refractivity contribution in [3.05, 3.63) is 30.5 Å². The molecule has 2 N–H and O–H groups in total. The van der Waals surface area contributed by atoms with Crippen molar-refractivity contribution in [1.29, 1.82) is 0 Å². The van der Waals surface area contributed by atoms with Gasteiger partial charge in [0, 0.05) is 30.9 Å². The highest BCUT2D eigenvalue weighted by Crippen LogP contribution is 2.44. The number of hydrogen-bond acceptors (Lipinski definition) is 7. The highest BCUT2D eigenvalue weighted by atomic mass is 16.5. The van der Waals surface area contributed by atoms with E-state index < -0.39 is 6.09 Å². The molecule has 1 saturated carbocycles. The highest BCUT2D eigenvalue weighted by molar-refractivity contribution is 5.89. The van der Waals surface area contributed by atoms with Crippen molar-refractivity contribution in [2.24, 2.45) is 0 Å². The van der Waals surface area contributed by atoms with Crippen molar-refractivity contribution in [3.8, 4) is 11.4 Å². The maximum Gasteiger partial charge on any atom is 0.409 e. The molecule has 2 atom stereocenters. The Balaban J connectivity index is 1.27. The summed E-state index contributed by atoms with van der Waals surface area (Å²) in [6.45, 7) is 2.52. The number of carboxylic acid groups (broad SMARTS) is 1. The van der Waals surface area contributed by atoms with Crippen LogP contribution >= 0.6 is 0 Å². The molecule has 5 heterocycles. The SMILES string of the molecule is O=C(O)Nc1ccc(-c2nc(N3CC4CCC(C3)O4)c3cnn(C4CCC5(CCCO5)CC4)c3n2)cc1. The first-order valence-electron chi connectivity index (χ1n) is 13.5. The van der Waals surface area contributed by atoms with E-state index >= 15 is 0 Å². The summed E-state index contributed by atoms with van der Waals surface area (Å²) in [5, 5.41) is 17.3. The van der Waals surface area contributed by atoms with Gasteiger partial charge in [0.15, 0.2) is 11.5 Å². The molecule has 1 amide bonds. The minimum atomic E-state index is -1.09. The second kappa shape index (κ2) is 8.95. The number of carbonyl (C=O) groups is 1. The summed E-state index contributed by atoms with van der Waals surface area (Å²) in [5.41, 5.74) is 2.28. The lowest BCUT2D eigenvalue weighted by molar-refractivity contribution is -0.0337. The third kappa shape index (κ3) is 4.21. The lowest BCUT2D eigenvalue weighted by Gasteiger charge is -2.36. The fourth-order valence-electron chi connectivity index (χ4n) is 6.68. The molecule has 1 aromatic carbocycles. The van der Waals surface area contributed by atoms with E-state index in [-0.39, 0.29) is 23.9 Å². The Morgan fingerprint density at radius 3 is 2.46 bits per heavy atom. The van der Waals surface area contributed by atoms with E-state index in [1.807, 2.05) is 18.3 Å². The summed E-state index contributed by atoms with van der Waals surface area (Å²) in [6.07, 6.45) is 10.0. The van der Waals surface area contributed by atoms with Gasteiger partial charge >= 0.3 is 6.09 Å². The number of aromatic nitrogens is 4. The van der Waals surface area contributed by atoms with Crippen LogP contribution in [0.2, 0.25) is 0 Å². The molecule has 194 valence electrons. The largest absolute Gasteiger partial charge is 0.465 e. The monoisotopic (exact) mass is 504 g/mol. The first-order valence-corrected chi connectivity index (χ1v) is 13.5. The van der Waals surface area contributed by atoms with Gasteiger partial charge in [0.2, 0.25) is 0 Å². The topological polar surface area (TPSA) is 115 Å². The average Bonchev–Trinajstić information content (AvgIpc) is 3.63. The molecular weight excluding hydrogens is 472 g/mol. The predicted molar refractivity (Wildman–Crippen MR) is 138 cm³/mol. The van der Waals surface area contributed by atoms with E-state index in [1.54, 1.807) is 12.1 Å². The van der Waals surface area contributed by atoms with Crippen LogP contribution in [-0.4, -0.2) is 68.5 Å². The maximum atomic E-state index is 11.0. The molecule has 3 saturated heterocycles. The number of hydrogen-bond donors (Lipinski definition) is 2. The summed E-state index contributed by atoms with van der Waals surface area (Å²) >= 11 is 0. The van der Waals surface area contributed by atoms with Gasteiger partial charge in [-0.2, -0.15) is 5.10 Å². The molecule has 2 aromatic heterocycles. The van der Waals surface area contributed by atoms with E-state index in [9.17, 15) is 4.79 Å². The van der Waals surface area contributed by atoms with Gasteiger partial charge in [0.1, 0.15) is 5.82 Å². The zero-order valence-corrected chi connectivity index (χ0v) is 20.8. The number of benzene rings is 1. The van der Waals surface area contributed by atoms with Gasteiger partial charge in [-0.05, 0) is 75.6 Å². The number of amides is 1. The van der Waals surface area contributed by atoms with E-state index in [0.29, 0.717) is 11.5 Å². The Bertz CT molecular complexity index is 1300. The molecular formula is C27H32N6O4.